The third-order valence-electron chi connectivity index (χ3n) is 1.80. The molecule has 1 heterocycles. The largest absolute Gasteiger partial charge is 0.466 e. The van der Waals surface area contributed by atoms with E-state index in [1.807, 2.05) is 18.2 Å². The average molecular weight is 227 g/mol. The standard InChI is InChI=1S/C9H7BrO2/c10-7-3-1-2-6-5-12-8(4-11)9(6)7/h1-3,5,11H,4H2. The Hall–Kier alpha value is -0.800. The van der Waals surface area contributed by atoms with E-state index in [-0.39, 0.29) is 6.61 Å². The molecule has 0 saturated heterocycles. The highest BCUT2D eigenvalue weighted by Crippen LogP contribution is 2.28. The molecular formula is C9H7BrO2. The summed E-state index contributed by atoms with van der Waals surface area (Å²) in [6.07, 6.45) is 1.64. The van der Waals surface area contributed by atoms with Gasteiger partial charge < -0.3 is 9.52 Å². The summed E-state index contributed by atoms with van der Waals surface area (Å²) in [6, 6.07) is 5.81. The number of halogens is 1. The summed E-state index contributed by atoms with van der Waals surface area (Å²) in [6.45, 7) is -0.0634. The third kappa shape index (κ3) is 1.06. The van der Waals surface area contributed by atoms with Crippen molar-refractivity contribution in [2.75, 3.05) is 0 Å². The van der Waals surface area contributed by atoms with E-state index in [0.29, 0.717) is 5.76 Å². The van der Waals surface area contributed by atoms with Gasteiger partial charge in [-0.2, -0.15) is 0 Å². The number of benzene rings is 1. The molecule has 2 rings (SSSR count). The Labute approximate surface area is 77.9 Å². The molecule has 0 amide bonds. The predicted molar refractivity (Wildman–Crippen MR) is 49.8 cm³/mol. The highest BCUT2D eigenvalue weighted by Gasteiger charge is 2.06. The molecule has 62 valence electrons. The molecule has 1 N–H and O–H groups in total. The Morgan fingerprint density at radius 3 is 3.00 bits per heavy atom. The first-order valence-electron chi connectivity index (χ1n) is 3.58. The Kier molecular flexibility index (Phi) is 1.90. The van der Waals surface area contributed by atoms with E-state index in [4.69, 9.17) is 9.52 Å². The lowest BCUT2D eigenvalue weighted by atomic mass is 10.2. The molecule has 0 spiro atoms. The number of hydrogen-bond donors (Lipinski definition) is 1. The van der Waals surface area contributed by atoms with Gasteiger partial charge in [-0.25, -0.2) is 0 Å². The van der Waals surface area contributed by atoms with Crippen molar-refractivity contribution >= 4 is 26.7 Å². The normalized spacial score (nSPS) is 10.8. The van der Waals surface area contributed by atoms with Gasteiger partial charge in [0.05, 0.1) is 6.26 Å². The molecule has 0 bridgehead atoms. The zero-order valence-corrected chi connectivity index (χ0v) is 7.84. The van der Waals surface area contributed by atoms with Crippen LogP contribution < -0.4 is 0 Å². The molecule has 1 aromatic carbocycles. The van der Waals surface area contributed by atoms with Crippen LogP contribution in [0.1, 0.15) is 5.76 Å². The molecule has 12 heavy (non-hydrogen) atoms. The van der Waals surface area contributed by atoms with Crippen LogP contribution in [0.25, 0.3) is 10.8 Å². The number of fused-ring (bicyclic) bond motifs is 1. The fraction of sp³-hybridized carbons (Fsp3) is 0.111. The quantitative estimate of drug-likeness (QED) is 0.812. The van der Waals surface area contributed by atoms with E-state index in [1.165, 1.54) is 0 Å². The topological polar surface area (TPSA) is 33.4 Å². The van der Waals surface area contributed by atoms with E-state index in [2.05, 4.69) is 15.9 Å². The van der Waals surface area contributed by atoms with Crippen LogP contribution >= 0.6 is 15.9 Å². The van der Waals surface area contributed by atoms with Gasteiger partial charge in [0.1, 0.15) is 12.4 Å². The molecule has 2 aromatic rings. The Balaban J connectivity index is 2.83. The van der Waals surface area contributed by atoms with E-state index in [0.717, 1.165) is 15.2 Å². The lowest BCUT2D eigenvalue weighted by molar-refractivity contribution is 0.249. The van der Waals surface area contributed by atoms with E-state index in [1.54, 1.807) is 6.26 Å². The second kappa shape index (κ2) is 2.92. The highest BCUT2D eigenvalue weighted by molar-refractivity contribution is 9.10. The summed E-state index contributed by atoms with van der Waals surface area (Å²) >= 11 is 3.40. The van der Waals surface area contributed by atoms with Crippen molar-refractivity contribution < 1.29 is 9.52 Å². The van der Waals surface area contributed by atoms with E-state index < -0.39 is 0 Å². The van der Waals surface area contributed by atoms with Crippen molar-refractivity contribution in [3.8, 4) is 0 Å². The van der Waals surface area contributed by atoms with Gasteiger partial charge in [-0.3, -0.25) is 0 Å². The minimum absolute atomic E-state index is 0.0634. The summed E-state index contributed by atoms with van der Waals surface area (Å²) < 4.78 is 6.12. The zero-order valence-electron chi connectivity index (χ0n) is 6.25. The van der Waals surface area contributed by atoms with Crippen LogP contribution in [-0.4, -0.2) is 5.11 Å². The van der Waals surface area contributed by atoms with Crippen LogP contribution in [0.4, 0.5) is 0 Å². The maximum atomic E-state index is 8.93. The van der Waals surface area contributed by atoms with Crippen molar-refractivity contribution in [2.45, 2.75) is 6.61 Å². The van der Waals surface area contributed by atoms with E-state index in [9.17, 15) is 0 Å². The molecule has 0 radical (unpaired) electrons. The van der Waals surface area contributed by atoms with Crippen molar-refractivity contribution in [1.82, 2.24) is 0 Å². The molecule has 0 saturated carbocycles. The van der Waals surface area contributed by atoms with Gasteiger partial charge in [-0.1, -0.05) is 28.1 Å². The summed E-state index contributed by atoms with van der Waals surface area (Å²) in [7, 11) is 0. The molecular weight excluding hydrogens is 220 g/mol. The molecule has 1 aromatic heterocycles. The monoisotopic (exact) mass is 226 g/mol. The molecule has 2 nitrogen and oxygen atoms in total. The first kappa shape index (κ1) is 7.83. The smallest absolute Gasteiger partial charge is 0.138 e. The minimum Gasteiger partial charge on any atom is -0.466 e. The summed E-state index contributed by atoms with van der Waals surface area (Å²) in [5.74, 6) is 0.609. The van der Waals surface area contributed by atoms with Gasteiger partial charge in [-0.15, -0.1) is 0 Å². The molecule has 0 aliphatic heterocycles. The first-order chi connectivity index (χ1) is 5.83. The minimum atomic E-state index is -0.0634. The van der Waals surface area contributed by atoms with Gasteiger partial charge in [0.2, 0.25) is 0 Å². The number of rotatable bonds is 1. The lowest BCUT2D eigenvalue weighted by Gasteiger charge is -1.94. The molecule has 0 atom stereocenters. The SMILES string of the molecule is OCc1occ2cccc(Br)c12. The van der Waals surface area contributed by atoms with Gasteiger partial charge in [0.25, 0.3) is 0 Å². The third-order valence-corrected chi connectivity index (χ3v) is 2.46. The van der Waals surface area contributed by atoms with Crippen molar-refractivity contribution in [2.24, 2.45) is 0 Å². The van der Waals surface area contributed by atoms with Crippen LogP contribution in [0.15, 0.2) is 33.4 Å². The molecule has 3 heteroatoms. The molecule has 0 aliphatic rings. The molecule has 0 unspecified atom stereocenters. The summed E-state index contributed by atoms with van der Waals surface area (Å²) in [4.78, 5) is 0. The summed E-state index contributed by atoms with van der Waals surface area (Å²) in [5.41, 5.74) is 0. The van der Waals surface area contributed by atoms with Crippen molar-refractivity contribution in [1.29, 1.82) is 0 Å². The van der Waals surface area contributed by atoms with Crippen molar-refractivity contribution in [3.05, 3.63) is 34.7 Å². The van der Waals surface area contributed by atoms with Crippen LogP contribution in [0.3, 0.4) is 0 Å². The van der Waals surface area contributed by atoms with E-state index >= 15 is 0 Å². The fourth-order valence-corrected chi connectivity index (χ4v) is 1.85. The second-order valence-electron chi connectivity index (χ2n) is 2.52. The number of furan rings is 1. The summed E-state index contributed by atoms with van der Waals surface area (Å²) in [5, 5.41) is 10.9. The maximum absolute atomic E-state index is 8.93. The van der Waals surface area contributed by atoms with Crippen molar-refractivity contribution in [3.63, 3.8) is 0 Å². The maximum Gasteiger partial charge on any atom is 0.138 e. The molecule has 0 fully saturated rings. The highest BCUT2D eigenvalue weighted by atomic mass is 79.9. The average Bonchev–Trinajstić information content (AvgIpc) is 2.49. The fourth-order valence-electron chi connectivity index (χ4n) is 1.24. The first-order valence-corrected chi connectivity index (χ1v) is 4.37. The number of hydrogen-bond acceptors (Lipinski definition) is 2. The predicted octanol–water partition coefficient (Wildman–Crippen LogP) is 2.69. The number of aliphatic hydroxyl groups is 1. The number of aliphatic hydroxyl groups excluding tert-OH is 1. The van der Waals surface area contributed by atoms with Crippen LogP contribution in [0.5, 0.6) is 0 Å². The van der Waals surface area contributed by atoms with Gasteiger partial charge in [0, 0.05) is 15.2 Å². The van der Waals surface area contributed by atoms with Gasteiger partial charge in [0.15, 0.2) is 0 Å². The van der Waals surface area contributed by atoms with Crippen LogP contribution in [0, 0.1) is 0 Å². The molecule has 0 aliphatic carbocycles. The zero-order chi connectivity index (χ0) is 8.55. The lowest BCUT2D eigenvalue weighted by Crippen LogP contribution is -1.79. The second-order valence-corrected chi connectivity index (χ2v) is 3.38. The van der Waals surface area contributed by atoms with Gasteiger partial charge in [-0.05, 0) is 6.07 Å². The van der Waals surface area contributed by atoms with Crippen LogP contribution in [-0.2, 0) is 6.61 Å². The Bertz CT molecular complexity index is 406. The van der Waals surface area contributed by atoms with Crippen LogP contribution in [0.2, 0.25) is 0 Å². The Morgan fingerprint density at radius 1 is 1.42 bits per heavy atom. The van der Waals surface area contributed by atoms with Gasteiger partial charge >= 0.3 is 0 Å². The Morgan fingerprint density at radius 2 is 2.25 bits per heavy atom.